The van der Waals surface area contributed by atoms with Gasteiger partial charge < -0.3 is 32.8 Å². The van der Waals surface area contributed by atoms with Crippen LogP contribution in [0.4, 0.5) is 0 Å². The normalized spacial score (nSPS) is 16.6. The Morgan fingerprint density at radius 3 is 2.39 bits per heavy atom. The van der Waals surface area contributed by atoms with Crippen molar-refractivity contribution in [2.75, 3.05) is 41.7 Å². The lowest BCUT2D eigenvalue weighted by molar-refractivity contribution is -0.163. The maximum atomic E-state index is 12.4. The zero-order chi connectivity index (χ0) is 20.3. The van der Waals surface area contributed by atoms with Crippen LogP contribution >= 0.6 is 0 Å². The van der Waals surface area contributed by atoms with Crippen molar-refractivity contribution in [3.05, 3.63) is 46.9 Å². The van der Waals surface area contributed by atoms with Crippen LogP contribution in [-0.2, 0) is 24.7 Å². The third kappa shape index (κ3) is 3.46. The maximum absolute atomic E-state index is 12.4. The highest BCUT2D eigenvalue weighted by Gasteiger charge is 2.40. The molecule has 1 aliphatic rings. The third-order valence-electron chi connectivity index (χ3n) is 4.64. The summed E-state index contributed by atoms with van der Waals surface area (Å²) in [6.45, 7) is 2.59. The first kappa shape index (κ1) is 20.2. The number of carbonyl (C=O) groups excluding carboxylic acids is 1. The monoisotopic (exact) mass is 392 g/mol. The van der Waals surface area contributed by atoms with Crippen molar-refractivity contribution in [3.8, 4) is 11.5 Å². The highest BCUT2D eigenvalue weighted by atomic mass is 16.7. The molecule has 1 aromatic heterocycles. The molecule has 0 N–H and O–H groups in total. The molecule has 8 nitrogen and oxygen atoms in total. The van der Waals surface area contributed by atoms with Gasteiger partial charge in [0.25, 0.3) is 0 Å². The minimum absolute atomic E-state index is 0.217. The van der Waals surface area contributed by atoms with Crippen LogP contribution in [0, 0.1) is 0 Å². The molecule has 1 saturated heterocycles. The molecule has 152 valence electrons. The molecular weight excluding hydrogens is 368 g/mol. The number of para-hydroxylation sites is 1. The van der Waals surface area contributed by atoms with E-state index in [1.807, 2.05) is 6.07 Å². The molecule has 0 bridgehead atoms. The van der Waals surface area contributed by atoms with Gasteiger partial charge in [0.05, 0.1) is 34.5 Å². The number of rotatable bonds is 7. The highest BCUT2D eigenvalue weighted by Crippen LogP contribution is 2.42. The van der Waals surface area contributed by atoms with Crippen LogP contribution in [0.1, 0.15) is 40.5 Å². The highest BCUT2D eigenvalue weighted by molar-refractivity contribution is 5.91. The lowest BCUT2D eigenvalue weighted by Gasteiger charge is -2.21. The van der Waals surface area contributed by atoms with Gasteiger partial charge in [-0.2, -0.15) is 0 Å². The fourth-order valence-electron chi connectivity index (χ4n) is 3.24. The number of benzene rings is 1. The second-order valence-corrected chi connectivity index (χ2v) is 6.22. The van der Waals surface area contributed by atoms with Gasteiger partial charge in [-0.3, -0.25) is 0 Å². The SMILES string of the molecule is COC(=O)c1cc(C2(C)OCCO2)oc1C(OC)c1cccc(OC)c1OC. The van der Waals surface area contributed by atoms with Crippen molar-refractivity contribution in [3.63, 3.8) is 0 Å². The molecule has 1 atom stereocenters. The Morgan fingerprint density at radius 2 is 1.82 bits per heavy atom. The van der Waals surface area contributed by atoms with Crippen molar-refractivity contribution < 1.29 is 37.6 Å². The molecular formula is C20H24O8. The fraction of sp³-hybridized carbons (Fsp3) is 0.450. The molecule has 1 fully saturated rings. The number of hydrogen-bond acceptors (Lipinski definition) is 8. The van der Waals surface area contributed by atoms with E-state index in [0.717, 1.165) is 0 Å². The Labute approximate surface area is 163 Å². The Morgan fingerprint density at radius 1 is 1.11 bits per heavy atom. The van der Waals surface area contributed by atoms with Crippen LogP contribution in [-0.4, -0.2) is 47.6 Å². The summed E-state index contributed by atoms with van der Waals surface area (Å²) in [4.78, 5) is 12.4. The largest absolute Gasteiger partial charge is 0.493 e. The zero-order valence-electron chi connectivity index (χ0n) is 16.6. The van der Waals surface area contributed by atoms with Gasteiger partial charge in [0.15, 0.2) is 23.0 Å². The van der Waals surface area contributed by atoms with Gasteiger partial charge in [0.2, 0.25) is 5.79 Å². The fourth-order valence-corrected chi connectivity index (χ4v) is 3.24. The molecule has 0 amide bonds. The van der Waals surface area contributed by atoms with E-state index in [4.69, 9.17) is 32.8 Å². The molecule has 0 aliphatic carbocycles. The zero-order valence-corrected chi connectivity index (χ0v) is 16.6. The topological polar surface area (TPSA) is 85.6 Å². The number of furan rings is 1. The quantitative estimate of drug-likeness (QED) is 0.665. The van der Waals surface area contributed by atoms with Gasteiger partial charge in [-0.05, 0) is 13.0 Å². The van der Waals surface area contributed by atoms with E-state index in [1.165, 1.54) is 21.3 Å². The first-order valence-corrected chi connectivity index (χ1v) is 8.73. The van der Waals surface area contributed by atoms with Gasteiger partial charge >= 0.3 is 5.97 Å². The van der Waals surface area contributed by atoms with Crippen LogP contribution < -0.4 is 9.47 Å². The minimum atomic E-state index is -1.09. The molecule has 8 heteroatoms. The number of esters is 1. The summed E-state index contributed by atoms with van der Waals surface area (Å²) in [5.41, 5.74) is 0.850. The molecule has 28 heavy (non-hydrogen) atoms. The van der Waals surface area contributed by atoms with Crippen molar-refractivity contribution in [1.29, 1.82) is 0 Å². The summed E-state index contributed by atoms with van der Waals surface area (Å²) < 4.78 is 38.8. The van der Waals surface area contributed by atoms with E-state index < -0.39 is 17.9 Å². The van der Waals surface area contributed by atoms with E-state index in [9.17, 15) is 4.79 Å². The van der Waals surface area contributed by atoms with E-state index in [-0.39, 0.29) is 11.3 Å². The van der Waals surface area contributed by atoms with Crippen molar-refractivity contribution in [2.45, 2.75) is 18.8 Å². The van der Waals surface area contributed by atoms with Crippen LogP contribution in [0.2, 0.25) is 0 Å². The molecule has 3 rings (SSSR count). The Balaban J connectivity index is 2.15. The third-order valence-corrected chi connectivity index (χ3v) is 4.64. The number of hydrogen-bond donors (Lipinski definition) is 0. The molecule has 0 spiro atoms. The summed E-state index contributed by atoms with van der Waals surface area (Å²) in [5, 5.41) is 0. The second-order valence-electron chi connectivity index (χ2n) is 6.22. The van der Waals surface area contributed by atoms with Crippen molar-refractivity contribution >= 4 is 5.97 Å². The van der Waals surface area contributed by atoms with E-state index in [1.54, 1.807) is 32.2 Å². The predicted molar refractivity (Wildman–Crippen MR) is 97.7 cm³/mol. The molecule has 1 aromatic carbocycles. The van der Waals surface area contributed by atoms with E-state index in [0.29, 0.717) is 36.0 Å². The summed E-state index contributed by atoms with van der Waals surface area (Å²) in [7, 11) is 5.89. The average molecular weight is 392 g/mol. The predicted octanol–water partition coefficient (Wildman–Crippen LogP) is 3.04. The lowest BCUT2D eigenvalue weighted by atomic mass is 10.0. The van der Waals surface area contributed by atoms with Gasteiger partial charge in [0.1, 0.15) is 11.7 Å². The number of ether oxygens (including phenoxy) is 6. The van der Waals surface area contributed by atoms with Crippen molar-refractivity contribution in [2.24, 2.45) is 0 Å². The van der Waals surface area contributed by atoms with Gasteiger partial charge in [-0.15, -0.1) is 0 Å². The molecule has 0 saturated carbocycles. The maximum Gasteiger partial charge on any atom is 0.341 e. The molecule has 0 radical (unpaired) electrons. The molecule has 2 heterocycles. The summed E-state index contributed by atoms with van der Waals surface area (Å²) in [6.07, 6.45) is -0.752. The minimum Gasteiger partial charge on any atom is -0.493 e. The van der Waals surface area contributed by atoms with Crippen molar-refractivity contribution in [1.82, 2.24) is 0 Å². The summed E-state index contributed by atoms with van der Waals surface area (Å²) in [5.74, 6) is -0.0262. The van der Waals surface area contributed by atoms with E-state index >= 15 is 0 Å². The smallest absolute Gasteiger partial charge is 0.341 e. The summed E-state index contributed by atoms with van der Waals surface area (Å²) >= 11 is 0. The van der Waals surface area contributed by atoms with Crippen LogP contribution in [0.25, 0.3) is 0 Å². The molecule has 2 aromatic rings. The second kappa shape index (κ2) is 8.22. The summed E-state index contributed by atoms with van der Waals surface area (Å²) in [6, 6.07) is 6.94. The Kier molecular flexibility index (Phi) is 5.93. The van der Waals surface area contributed by atoms with Crippen LogP contribution in [0.3, 0.4) is 0 Å². The van der Waals surface area contributed by atoms with Gasteiger partial charge in [-0.25, -0.2) is 4.79 Å². The van der Waals surface area contributed by atoms with Crippen LogP contribution in [0.15, 0.2) is 28.7 Å². The molecule has 1 unspecified atom stereocenters. The van der Waals surface area contributed by atoms with E-state index in [2.05, 4.69) is 0 Å². The average Bonchev–Trinajstić information content (AvgIpc) is 3.35. The number of methoxy groups -OCH3 is 4. The Hall–Kier alpha value is -2.55. The standard InChI is InChI=1S/C20H24O8/c1-20(26-9-10-27-20)15-11-13(19(21)25-5)18(28-15)17(24-4)12-7-6-8-14(22-2)16(12)23-3/h6-8,11,17H,9-10H2,1-5H3. The van der Waals surface area contributed by atoms with Gasteiger partial charge in [-0.1, -0.05) is 12.1 Å². The lowest BCUT2D eigenvalue weighted by Crippen LogP contribution is -2.21. The molecule has 1 aliphatic heterocycles. The van der Waals surface area contributed by atoms with Gasteiger partial charge in [0, 0.05) is 18.7 Å². The Bertz CT molecular complexity index is 835. The van der Waals surface area contributed by atoms with Crippen LogP contribution in [0.5, 0.6) is 11.5 Å². The first-order valence-electron chi connectivity index (χ1n) is 8.73. The number of carbonyl (C=O) groups is 1. The first-order chi connectivity index (χ1) is 13.5.